The highest BCUT2D eigenvalue weighted by atomic mass is 16.5. The lowest BCUT2D eigenvalue weighted by molar-refractivity contribution is -0.188. The number of aliphatic hydroxyl groups is 1. The molecule has 1 rings (SSSR count). The third-order valence-corrected chi connectivity index (χ3v) is 2.52. The van der Waals surface area contributed by atoms with Crippen molar-refractivity contribution < 1.29 is 14.6 Å². The molecule has 1 fully saturated rings. The first-order chi connectivity index (χ1) is 6.10. The maximum Gasteiger partial charge on any atom is 0.109 e. The summed E-state index contributed by atoms with van der Waals surface area (Å²) in [6, 6.07) is 0. The lowest BCUT2D eigenvalue weighted by atomic mass is 9.89. The quantitative estimate of drug-likeness (QED) is 0.682. The van der Waals surface area contributed by atoms with Crippen molar-refractivity contribution in [3.63, 3.8) is 0 Å². The molecule has 1 aliphatic rings. The summed E-state index contributed by atoms with van der Waals surface area (Å²) in [7, 11) is 1.63. The van der Waals surface area contributed by atoms with Gasteiger partial charge in [-0.15, -0.1) is 0 Å². The molecule has 0 saturated carbocycles. The molecule has 2 unspecified atom stereocenters. The van der Waals surface area contributed by atoms with Gasteiger partial charge in [0.2, 0.25) is 0 Å². The van der Waals surface area contributed by atoms with Crippen LogP contribution in [0.1, 0.15) is 34.1 Å². The zero-order valence-electron chi connectivity index (χ0n) is 9.33. The monoisotopic (exact) mass is 190 g/mol. The van der Waals surface area contributed by atoms with Crippen LogP contribution in [0.5, 0.6) is 0 Å². The Morgan fingerprint density at radius 2 is 2.00 bits per heavy atom. The van der Waals surface area contributed by atoms with E-state index in [1.165, 1.54) is 0 Å². The van der Waals surface area contributed by atoms with Crippen LogP contribution in [0, 0.1) is 0 Å². The average Bonchev–Trinajstić information content (AvgIpc) is 2.17. The maximum atomic E-state index is 9.65. The van der Waals surface area contributed by atoms with E-state index >= 15 is 0 Å². The van der Waals surface area contributed by atoms with Crippen molar-refractivity contribution in [2.45, 2.75) is 51.9 Å². The van der Waals surface area contributed by atoms with Gasteiger partial charge in [-0.3, -0.25) is 0 Å². The number of ether oxygens (including phenoxy) is 2. The first-order valence-corrected chi connectivity index (χ1v) is 4.95. The molecule has 13 heavy (non-hydrogen) atoms. The molecule has 0 aliphatic carbocycles. The molecule has 0 amide bonds. The van der Waals surface area contributed by atoms with Crippen LogP contribution in [0.2, 0.25) is 0 Å². The number of hydrogen-bond acceptors (Lipinski definition) is 3. The van der Waals surface area contributed by atoms with Gasteiger partial charge in [0.25, 0.3) is 0 Å². The molecule has 80 valence electrons. The van der Waals surface area contributed by atoms with Crippen LogP contribution < -0.4 is 0 Å². The highest BCUT2D eigenvalue weighted by Crippen LogP contribution is 2.27. The van der Waals surface area contributed by atoms with E-state index in [1.807, 2.05) is 27.7 Å². The maximum absolute atomic E-state index is 9.65. The van der Waals surface area contributed by atoms with E-state index in [0.717, 1.165) is 6.42 Å². The van der Waals surface area contributed by atoms with Crippen LogP contribution >= 0.6 is 0 Å². The minimum Gasteiger partial charge on any atom is -0.387 e. The van der Waals surface area contributed by atoms with Gasteiger partial charge in [0, 0.05) is 20.1 Å². The summed E-state index contributed by atoms with van der Waals surface area (Å²) in [5.74, 6) is 0. The van der Waals surface area contributed by atoms with Gasteiger partial charge in [-0.1, -0.05) is 13.8 Å². The van der Waals surface area contributed by atoms with Crippen LogP contribution in [0.15, 0.2) is 0 Å². The molecule has 1 heterocycles. The Morgan fingerprint density at radius 1 is 1.46 bits per heavy atom. The minimum atomic E-state index is -0.513. The lowest BCUT2D eigenvalue weighted by Crippen LogP contribution is -2.52. The minimum absolute atomic E-state index is 0.117. The zero-order valence-corrected chi connectivity index (χ0v) is 9.33. The summed E-state index contributed by atoms with van der Waals surface area (Å²) in [4.78, 5) is 0. The van der Waals surface area contributed by atoms with Crippen molar-refractivity contribution in [3.8, 4) is 0 Å². The summed E-state index contributed by atoms with van der Waals surface area (Å²) in [5, 5.41) is 9.65. The van der Waals surface area contributed by atoms with E-state index in [9.17, 15) is 5.11 Å². The van der Waals surface area contributed by atoms with Crippen molar-refractivity contribution in [1.29, 1.82) is 0 Å². The van der Waals surface area contributed by atoms with Crippen molar-refractivity contribution in [3.05, 3.63) is 0 Å². The molecule has 3 atom stereocenters. The second kappa shape index (κ2) is 5.58. The van der Waals surface area contributed by atoms with Gasteiger partial charge in [-0.25, -0.2) is 0 Å². The Hall–Kier alpha value is -0.120. The smallest absolute Gasteiger partial charge is 0.109 e. The fourth-order valence-corrected chi connectivity index (χ4v) is 1.41. The van der Waals surface area contributed by atoms with Gasteiger partial charge in [0.15, 0.2) is 0 Å². The summed E-state index contributed by atoms with van der Waals surface area (Å²) < 4.78 is 10.5. The van der Waals surface area contributed by atoms with Crippen LogP contribution in [-0.2, 0) is 9.47 Å². The number of rotatable bonds is 1. The van der Waals surface area contributed by atoms with Crippen molar-refractivity contribution >= 4 is 0 Å². The predicted molar refractivity (Wildman–Crippen MR) is 52.8 cm³/mol. The normalized spacial score (nSPS) is 39.2. The molecule has 0 radical (unpaired) electrons. The third kappa shape index (κ3) is 2.93. The van der Waals surface area contributed by atoms with Crippen molar-refractivity contribution in [2.24, 2.45) is 0 Å². The fraction of sp³-hybridized carbons (Fsp3) is 1.00. The molecule has 3 nitrogen and oxygen atoms in total. The predicted octanol–water partition coefficient (Wildman–Crippen LogP) is 1.59. The summed E-state index contributed by atoms with van der Waals surface area (Å²) in [6.45, 7) is 8.44. The second-order valence-electron chi connectivity index (χ2n) is 3.29. The lowest BCUT2D eigenvalue weighted by Gasteiger charge is -2.40. The molecule has 0 bridgehead atoms. The molecule has 1 aliphatic heterocycles. The number of hydrogen-bond donors (Lipinski definition) is 1. The number of methoxy groups -OCH3 is 1. The van der Waals surface area contributed by atoms with Gasteiger partial charge >= 0.3 is 0 Å². The van der Waals surface area contributed by atoms with Crippen LogP contribution in [0.4, 0.5) is 0 Å². The van der Waals surface area contributed by atoms with E-state index in [2.05, 4.69) is 0 Å². The molecule has 1 saturated heterocycles. The Bertz CT molecular complexity index is 138. The molecule has 0 aromatic heterocycles. The SMILES string of the molecule is CC.COC1(C)CCOC(C)[C@@H]1O. The molecule has 3 heteroatoms. The van der Waals surface area contributed by atoms with Gasteiger partial charge in [-0.2, -0.15) is 0 Å². The topological polar surface area (TPSA) is 38.7 Å². The first-order valence-electron chi connectivity index (χ1n) is 4.95. The van der Waals surface area contributed by atoms with Crippen molar-refractivity contribution in [1.82, 2.24) is 0 Å². The molecule has 0 aromatic carbocycles. The van der Waals surface area contributed by atoms with E-state index in [-0.39, 0.29) is 6.10 Å². The fourth-order valence-electron chi connectivity index (χ4n) is 1.41. The van der Waals surface area contributed by atoms with Crippen LogP contribution in [0.3, 0.4) is 0 Å². The van der Waals surface area contributed by atoms with E-state index in [0.29, 0.717) is 6.61 Å². The Morgan fingerprint density at radius 3 is 2.38 bits per heavy atom. The zero-order chi connectivity index (χ0) is 10.5. The van der Waals surface area contributed by atoms with Gasteiger partial charge < -0.3 is 14.6 Å². The Balaban J connectivity index is 0.000000671. The number of aliphatic hydroxyl groups excluding tert-OH is 1. The summed E-state index contributed by atoms with van der Waals surface area (Å²) >= 11 is 0. The molecular weight excluding hydrogens is 168 g/mol. The van der Waals surface area contributed by atoms with Crippen LogP contribution in [-0.4, -0.2) is 36.6 Å². The molecular formula is C10H22O3. The van der Waals surface area contributed by atoms with Crippen LogP contribution in [0.25, 0.3) is 0 Å². The largest absolute Gasteiger partial charge is 0.387 e. The van der Waals surface area contributed by atoms with Gasteiger partial charge in [-0.05, 0) is 13.8 Å². The summed E-state index contributed by atoms with van der Waals surface area (Å²) in [6.07, 6.45) is 0.129. The second-order valence-corrected chi connectivity index (χ2v) is 3.29. The molecule has 0 spiro atoms. The van der Waals surface area contributed by atoms with E-state index < -0.39 is 11.7 Å². The molecule has 0 aromatic rings. The highest BCUT2D eigenvalue weighted by molar-refractivity contribution is 4.90. The Kier molecular flexibility index (Phi) is 5.53. The van der Waals surface area contributed by atoms with E-state index in [4.69, 9.17) is 9.47 Å². The average molecular weight is 190 g/mol. The highest BCUT2D eigenvalue weighted by Gasteiger charge is 2.40. The van der Waals surface area contributed by atoms with Crippen molar-refractivity contribution in [2.75, 3.05) is 13.7 Å². The standard InChI is InChI=1S/C8H16O3.C2H6/c1-6-7(9)8(2,10-3)4-5-11-6;1-2/h6-7,9H,4-5H2,1-3H3;1-2H3/t6?,7-,8?;/m0./s1. The Labute approximate surface area is 81.0 Å². The van der Waals surface area contributed by atoms with Gasteiger partial charge in [0.1, 0.15) is 6.10 Å². The van der Waals surface area contributed by atoms with E-state index in [1.54, 1.807) is 7.11 Å². The molecule has 1 N–H and O–H groups in total. The third-order valence-electron chi connectivity index (χ3n) is 2.52. The first kappa shape index (κ1) is 12.9. The summed E-state index contributed by atoms with van der Waals surface area (Å²) in [5.41, 5.74) is -0.419. The van der Waals surface area contributed by atoms with Gasteiger partial charge in [0.05, 0.1) is 11.7 Å².